The van der Waals surface area contributed by atoms with Crippen LogP contribution in [0.5, 0.6) is 11.5 Å². The molecule has 0 radical (unpaired) electrons. The summed E-state index contributed by atoms with van der Waals surface area (Å²) in [5, 5.41) is 3.35. The van der Waals surface area contributed by atoms with Crippen LogP contribution in [0, 0.1) is 5.82 Å². The molecule has 0 saturated heterocycles. The first-order valence-corrected chi connectivity index (χ1v) is 8.53. The number of hydrogen-bond donors (Lipinski definition) is 1. The summed E-state index contributed by atoms with van der Waals surface area (Å²) in [5.74, 6) is 1.21. The third kappa shape index (κ3) is 5.07. The van der Waals surface area contributed by atoms with Gasteiger partial charge in [0.25, 0.3) is 0 Å². The van der Waals surface area contributed by atoms with E-state index >= 15 is 0 Å². The first-order valence-electron chi connectivity index (χ1n) is 8.53. The minimum atomic E-state index is -0.218. The van der Waals surface area contributed by atoms with Gasteiger partial charge in [0.15, 0.2) is 11.5 Å². The quantitative estimate of drug-likeness (QED) is 0.638. The molecule has 0 aromatic heterocycles. The van der Waals surface area contributed by atoms with Crippen LogP contribution in [0.25, 0.3) is 0 Å². The Hall–Kier alpha value is -2.85. The van der Waals surface area contributed by atoms with Crippen molar-refractivity contribution in [1.29, 1.82) is 0 Å². The number of nitrogens with one attached hydrogen (secondary N) is 1. The molecule has 3 rings (SSSR count). The van der Waals surface area contributed by atoms with Crippen LogP contribution in [0.2, 0.25) is 0 Å². The predicted molar refractivity (Wildman–Crippen MR) is 101 cm³/mol. The topological polar surface area (TPSA) is 30.5 Å². The zero-order valence-corrected chi connectivity index (χ0v) is 14.7. The van der Waals surface area contributed by atoms with Crippen LogP contribution < -0.4 is 14.8 Å². The molecule has 0 bridgehead atoms. The van der Waals surface area contributed by atoms with E-state index in [2.05, 4.69) is 5.32 Å². The fourth-order valence-electron chi connectivity index (χ4n) is 2.63. The van der Waals surface area contributed by atoms with Crippen molar-refractivity contribution >= 4 is 0 Å². The predicted octanol–water partition coefficient (Wildman–Crippen LogP) is 4.70. The Kier molecular flexibility index (Phi) is 6.23. The maximum atomic E-state index is 12.9. The highest BCUT2D eigenvalue weighted by atomic mass is 19.1. The summed E-state index contributed by atoms with van der Waals surface area (Å²) in [6.07, 6.45) is 0. The molecule has 0 atom stereocenters. The molecule has 0 unspecified atom stereocenters. The summed E-state index contributed by atoms with van der Waals surface area (Å²) in [6.45, 7) is 1.86. The molecule has 26 heavy (non-hydrogen) atoms. The van der Waals surface area contributed by atoms with Crippen LogP contribution in [-0.2, 0) is 19.7 Å². The van der Waals surface area contributed by atoms with Gasteiger partial charge in [-0.1, -0.05) is 48.5 Å². The van der Waals surface area contributed by atoms with E-state index in [1.165, 1.54) is 12.1 Å². The average molecular weight is 351 g/mol. The third-order valence-electron chi connectivity index (χ3n) is 4.04. The SMILES string of the molecule is COc1cc(CNCc2ccc(F)cc2)ccc1OCc1ccccc1. The molecule has 3 aromatic rings. The third-order valence-corrected chi connectivity index (χ3v) is 4.04. The van der Waals surface area contributed by atoms with Crippen molar-refractivity contribution in [2.24, 2.45) is 0 Å². The Morgan fingerprint density at radius 3 is 2.19 bits per heavy atom. The highest BCUT2D eigenvalue weighted by Gasteiger charge is 2.06. The van der Waals surface area contributed by atoms with Crippen LogP contribution in [-0.4, -0.2) is 7.11 Å². The van der Waals surface area contributed by atoms with Crippen molar-refractivity contribution in [3.8, 4) is 11.5 Å². The molecule has 0 amide bonds. The van der Waals surface area contributed by atoms with Crippen LogP contribution in [0.3, 0.4) is 0 Å². The summed E-state index contributed by atoms with van der Waals surface area (Å²) >= 11 is 0. The fraction of sp³-hybridized carbons (Fsp3) is 0.182. The molecule has 3 nitrogen and oxygen atoms in total. The van der Waals surface area contributed by atoms with Gasteiger partial charge in [0.05, 0.1) is 7.11 Å². The normalized spacial score (nSPS) is 10.5. The minimum absolute atomic E-state index is 0.218. The second kappa shape index (κ2) is 9.02. The molecular formula is C22H22FNO2. The largest absolute Gasteiger partial charge is 0.493 e. The van der Waals surface area contributed by atoms with Gasteiger partial charge in [-0.25, -0.2) is 4.39 Å². The van der Waals surface area contributed by atoms with E-state index in [0.29, 0.717) is 25.4 Å². The molecule has 4 heteroatoms. The fourth-order valence-corrected chi connectivity index (χ4v) is 2.63. The number of methoxy groups -OCH3 is 1. The van der Waals surface area contributed by atoms with Gasteiger partial charge in [0, 0.05) is 13.1 Å². The van der Waals surface area contributed by atoms with E-state index in [0.717, 1.165) is 22.4 Å². The monoisotopic (exact) mass is 351 g/mol. The van der Waals surface area contributed by atoms with Gasteiger partial charge < -0.3 is 14.8 Å². The second-order valence-corrected chi connectivity index (χ2v) is 5.99. The number of ether oxygens (including phenoxy) is 2. The summed E-state index contributed by atoms with van der Waals surface area (Å²) < 4.78 is 24.3. The summed E-state index contributed by atoms with van der Waals surface area (Å²) in [4.78, 5) is 0. The lowest BCUT2D eigenvalue weighted by atomic mass is 10.2. The summed E-state index contributed by atoms with van der Waals surface area (Å²) in [5.41, 5.74) is 3.25. The maximum Gasteiger partial charge on any atom is 0.161 e. The smallest absolute Gasteiger partial charge is 0.161 e. The van der Waals surface area contributed by atoms with E-state index in [9.17, 15) is 4.39 Å². The van der Waals surface area contributed by atoms with E-state index < -0.39 is 0 Å². The first-order chi connectivity index (χ1) is 12.7. The molecule has 0 fully saturated rings. The van der Waals surface area contributed by atoms with Crippen LogP contribution in [0.4, 0.5) is 4.39 Å². The summed E-state index contributed by atoms with van der Waals surface area (Å²) in [6, 6.07) is 22.4. The number of benzene rings is 3. The molecule has 0 saturated carbocycles. The Morgan fingerprint density at radius 2 is 1.46 bits per heavy atom. The molecule has 0 heterocycles. The van der Waals surface area contributed by atoms with Gasteiger partial charge in [-0.05, 0) is 41.0 Å². The molecule has 1 N–H and O–H groups in total. The van der Waals surface area contributed by atoms with Gasteiger partial charge >= 0.3 is 0 Å². The average Bonchev–Trinajstić information content (AvgIpc) is 2.69. The first kappa shape index (κ1) is 18.0. The van der Waals surface area contributed by atoms with Crippen molar-refractivity contribution in [2.75, 3.05) is 7.11 Å². The van der Waals surface area contributed by atoms with E-state index in [1.807, 2.05) is 48.5 Å². The van der Waals surface area contributed by atoms with Gasteiger partial charge in [-0.15, -0.1) is 0 Å². The van der Waals surface area contributed by atoms with E-state index in [1.54, 1.807) is 19.2 Å². The molecule has 0 aliphatic heterocycles. The molecule has 0 aliphatic rings. The highest BCUT2D eigenvalue weighted by molar-refractivity contribution is 5.43. The van der Waals surface area contributed by atoms with Crippen LogP contribution in [0.15, 0.2) is 72.8 Å². The van der Waals surface area contributed by atoms with Crippen molar-refractivity contribution in [3.05, 3.63) is 95.3 Å². The molecule has 134 valence electrons. The lowest BCUT2D eigenvalue weighted by molar-refractivity contribution is 0.284. The van der Waals surface area contributed by atoms with Gasteiger partial charge in [-0.2, -0.15) is 0 Å². The Labute approximate surface area is 153 Å². The zero-order valence-electron chi connectivity index (χ0n) is 14.7. The molecule has 0 aliphatic carbocycles. The van der Waals surface area contributed by atoms with Crippen molar-refractivity contribution in [3.63, 3.8) is 0 Å². The van der Waals surface area contributed by atoms with Crippen LogP contribution >= 0.6 is 0 Å². The maximum absolute atomic E-state index is 12.9. The second-order valence-electron chi connectivity index (χ2n) is 5.99. The minimum Gasteiger partial charge on any atom is -0.493 e. The lowest BCUT2D eigenvalue weighted by Gasteiger charge is -2.13. The van der Waals surface area contributed by atoms with Crippen molar-refractivity contribution < 1.29 is 13.9 Å². The Bertz CT molecular complexity index is 819. The van der Waals surface area contributed by atoms with Gasteiger partial charge in [-0.3, -0.25) is 0 Å². The van der Waals surface area contributed by atoms with E-state index in [-0.39, 0.29) is 5.82 Å². The van der Waals surface area contributed by atoms with E-state index in [4.69, 9.17) is 9.47 Å². The molecule has 3 aromatic carbocycles. The van der Waals surface area contributed by atoms with Crippen LogP contribution in [0.1, 0.15) is 16.7 Å². The highest BCUT2D eigenvalue weighted by Crippen LogP contribution is 2.28. The van der Waals surface area contributed by atoms with Crippen molar-refractivity contribution in [2.45, 2.75) is 19.7 Å². The summed E-state index contributed by atoms with van der Waals surface area (Å²) in [7, 11) is 1.64. The standard InChI is InChI=1S/C22H22FNO2/c1-25-22-13-19(15-24-14-17-7-10-20(23)11-8-17)9-12-21(22)26-16-18-5-3-2-4-6-18/h2-13,24H,14-16H2,1H3. The van der Waals surface area contributed by atoms with Gasteiger partial charge in [0.2, 0.25) is 0 Å². The lowest BCUT2D eigenvalue weighted by Crippen LogP contribution is -2.12. The number of halogens is 1. The zero-order chi connectivity index (χ0) is 18.2. The Balaban J connectivity index is 1.56. The Morgan fingerprint density at radius 1 is 0.769 bits per heavy atom. The van der Waals surface area contributed by atoms with Gasteiger partial charge in [0.1, 0.15) is 12.4 Å². The van der Waals surface area contributed by atoms with Crippen molar-refractivity contribution in [1.82, 2.24) is 5.32 Å². The molecular weight excluding hydrogens is 329 g/mol. The number of hydrogen-bond acceptors (Lipinski definition) is 3. The molecule has 0 spiro atoms. The number of rotatable bonds is 8.